The van der Waals surface area contributed by atoms with Gasteiger partial charge in [-0.1, -0.05) is 16.8 Å². The van der Waals surface area contributed by atoms with Crippen molar-refractivity contribution in [2.75, 3.05) is 18.5 Å². The molecule has 7 nitrogen and oxygen atoms in total. The number of hydrogen-bond acceptors (Lipinski definition) is 6. The predicted molar refractivity (Wildman–Crippen MR) is 102 cm³/mol. The standard InChI is InChI=1S/C20H17ClN2O5/c1-12-16(11-27-15-5-2-13(21)3-6-15)19(23-28-12)20(24)22-14-4-7-17-18(10-14)26-9-8-25-17/h2-7,10H,8-9,11H2,1H3,(H,22,24). The number of aryl methyl sites for hydroxylation is 1. The molecule has 4 rings (SSSR count). The molecule has 0 spiro atoms. The highest BCUT2D eigenvalue weighted by Gasteiger charge is 2.21. The molecule has 1 aliphatic heterocycles. The number of benzene rings is 2. The Morgan fingerprint density at radius 2 is 1.89 bits per heavy atom. The zero-order valence-electron chi connectivity index (χ0n) is 15.0. The highest BCUT2D eigenvalue weighted by atomic mass is 35.5. The number of nitrogens with zero attached hydrogens (tertiary/aromatic N) is 1. The van der Waals surface area contributed by atoms with Gasteiger partial charge in [-0.15, -0.1) is 0 Å². The number of nitrogens with one attached hydrogen (secondary N) is 1. The van der Waals surface area contributed by atoms with E-state index in [4.69, 9.17) is 30.3 Å². The topological polar surface area (TPSA) is 82.8 Å². The zero-order valence-corrected chi connectivity index (χ0v) is 15.8. The van der Waals surface area contributed by atoms with Crippen LogP contribution in [0.25, 0.3) is 0 Å². The van der Waals surface area contributed by atoms with E-state index in [9.17, 15) is 4.79 Å². The van der Waals surface area contributed by atoms with E-state index in [0.29, 0.717) is 52.5 Å². The fraction of sp³-hybridized carbons (Fsp3) is 0.200. The number of rotatable bonds is 5. The fourth-order valence-electron chi connectivity index (χ4n) is 2.74. The van der Waals surface area contributed by atoms with Gasteiger partial charge in [0.2, 0.25) is 0 Å². The number of halogens is 1. The molecule has 1 aliphatic rings. The van der Waals surface area contributed by atoms with Crippen LogP contribution in [0.3, 0.4) is 0 Å². The number of hydrogen-bond donors (Lipinski definition) is 1. The van der Waals surface area contributed by atoms with Crippen LogP contribution in [0.2, 0.25) is 5.02 Å². The number of aromatic nitrogens is 1. The summed E-state index contributed by atoms with van der Waals surface area (Å²) in [4.78, 5) is 12.7. The quantitative estimate of drug-likeness (QED) is 0.689. The van der Waals surface area contributed by atoms with Crippen LogP contribution in [0, 0.1) is 6.92 Å². The molecule has 8 heteroatoms. The number of fused-ring (bicyclic) bond motifs is 1. The largest absolute Gasteiger partial charge is 0.489 e. The van der Waals surface area contributed by atoms with Crippen molar-refractivity contribution in [3.63, 3.8) is 0 Å². The minimum atomic E-state index is -0.400. The lowest BCUT2D eigenvalue weighted by Gasteiger charge is -2.18. The molecule has 0 bridgehead atoms. The van der Waals surface area contributed by atoms with Crippen LogP contribution in [0.15, 0.2) is 47.0 Å². The van der Waals surface area contributed by atoms with Crippen LogP contribution in [0.5, 0.6) is 17.2 Å². The van der Waals surface area contributed by atoms with Gasteiger partial charge in [0.1, 0.15) is 31.3 Å². The van der Waals surface area contributed by atoms with E-state index in [-0.39, 0.29) is 12.3 Å². The maximum absolute atomic E-state index is 12.7. The summed E-state index contributed by atoms with van der Waals surface area (Å²) in [7, 11) is 0. The number of carbonyl (C=O) groups is 1. The first-order valence-electron chi connectivity index (χ1n) is 8.64. The van der Waals surface area contributed by atoms with Crippen molar-refractivity contribution in [1.29, 1.82) is 0 Å². The highest BCUT2D eigenvalue weighted by Crippen LogP contribution is 2.32. The maximum Gasteiger partial charge on any atom is 0.278 e. The summed E-state index contributed by atoms with van der Waals surface area (Å²) in [5.41, 5.74) is 1.31. The van der Waals surface area contributed by atoms with E-state index >= 15 is 0 Å². The molecule has 2 aromatic carbocycles. The van der Waals surface area contributed by atoms with Gasteiger partial charge in [-0.3, -0.25) is 4.79 Å². The lowest BCUT2D eigenvalue weighted by atomic mass is 10.2. The normalized spacial score (nSPS) is 12.5. The van der Waals surface area contributed by atoms with E-state index in [1.54, 1.807) is 49.4 Å². The summed E-state index contributed by atoms with van der Waals surface area (Å²) in [6, 6.07) is 12.2. The van der Waals surface area contributed by atoms with Crippen molar-refractivity contribution in [3.8, 4) is 17.2 Å². The molecule has 0 unspecified atom stereocenters. The third-order valence-corrected chi connectivity index (χ3v) is 4.45. The van der Waals surface area contributed by atoms with Crippen LogP contribution in [-0.4, -0.2) is 24.3 Å². The first-order chi connectivity index (χ1) is 13.6. The van der Waals surface area contributed by atoms with Crippen LogP contribution in [-0.2, 0) is 6.61 Å². The second-order valence-corrected chi connectivity index (χ2v) is 6.56. The summed E-state index contributed by atoms with van der Waals surface area (Å²) < 4.78 is 21.9. The minimum Gasteiger partial charge on any atom is -0.489 e. The van der Waals surface area contributed by atoms with E-state index in [2.05, 4.69) is 10.5 Å². The van der Waals surface area contributed by atoms with Gasteiger partial charge < -0.3 is 24.1 Å². The Labute approximate surface area is 166 Å². The number of amides is 1. The van der Waals surface area contributed by atoms with Gasteiger partial charge in [0.25, 0.3) is 5.91 Å². The Morgan fingerprint density at radius 3 is 2.68 bits per heavy atom. The van der Waals surface area contributed by atoms with Crippen LogP contribution >= 0.6 is 11.6 Å². The van der Waals surface area contributed by atoms with Crippen molar-refractivity contribution in [2.24, 2.45) is 0 Å². The van der Waals surface area contributed by atoms with Gasteiger partial charge in [-0.05, 0) is 43.3 Å². The molecule has 1 N–H and O–H groups in total. The van der Waals surface area contributed by atoms with E-state index in [1.165, 1.54) is 0 Å². The SMILES string of the molecule is Cc1onc(C(=O)Nc2ccc3c(c2)OCCO3)c1COc1ccc(Cl)cc1. The molecule has 0 fully saturated rings. The summed E-state index contributed by atoms with van der Waals surface area (Å²) in [5, 5.41) is 7.30. The smallest absolute Gasteiger partial charge is 0.278 e. The van der Waals surface area contributed by atoms with Crippen molar-refractivity contribution in [2.45, 2.75) is 13.5 Å². The number of anilines is 1. The van der Waals surface area contributed by atoms with Gasteiger partial charge in [0, 0.05) is 16.8 Å². The monoisotopic (exact) mass is 400 g/mol. The molecule has 3 aromatic rings. The second-order valence-electron chi connectivity index (χ2n) is 6.12. The molecule has 1 amide bonds. The zero-order chi connectivity index (χ0) is 19.5. The molecule has 144 valence electrons. The number of carbonyl (C=O) groups excluding carboxylic acids is 1. The molecule has 28 heavy (non-hydrogen) atoms. The lowest BCUT2D eigenvalue weighted by Crippen LogP contribution is -2.17. The third-order valence-electron chi connectivity index (χ3n) is 4.20. The molecular formula is C20H17ClN2O5. The Morgan fingerprint density at radius 1 is 1.14 bits per heavy atom. The van der Waals surface area contributed by atoms with Crippen molar-refractivity contribution < 1.29 is 23.5 Å². The minimum absolute atomic E-state index is 0.140. The highest BCUT2D eigenvalue weighted by molar-refractivity contribution is 6.30. The third kappa shape index (κ3) is 3.89. The fourth-order valence-corrected chi connectivity index (χ4v) is 2.86. The van der Waals surface area contributed by atoms with Crippen molar-refractivity contribution >= 4 is 23.2 Å². The van der Waals surface area contributed by atoms with Gasteiger partial charge in [0.15, 0.2) is 17.2 Å². The Balaban J connectivity index is 1.48. The molecule has 0 aliphatic carbocycles. The average Bonchev–Trinajstić information content (AvgIpc) is 3.08. The van der Waals surface area contributed by atoms with Gasteiger partial charge in [-0.25, -0.2) is 0 Å². The summed E-state index contributed by atoms with van der Waals surface area (Å²) in [5.74, 6) is 1.98. The first kappa shape index (κ1) is 18.2. The van der Waals surface area contributed by atoms with Crippen LogP contribution in [0.1, 0.15) is 21.8 Å². The summed E-state index contributed by atoms with van der Waals surface area (Å²) in [6.07, 6.45) is 0. The predicted octanol–water partition coefficient (Wildman–Crippen LogP) is 4.24. The molecule has 0 radical (unpaired) electrons. The Bertz CT molecular complexity index is 1000. The summed E-state index contributed by atoms with van der Waals surface area (Å²) in [6.45, 7) is 2.85. The Hall–Kier alpha value is -3.19. The molecule has 1 aromatic heterocycles. The first-order valence-corrected chi connectivity index (χ1v) is 9.02. The summed E-state index contributed by atoms with van der Waals surface area (Å²) >= 11 is 5.87. The van der Waals surface area contributed by atoms with Crippen molar-refractivity contribution in [1.82, 2.24) is 5.16 Å². The van der Waals surface area contributed by atoms with Crippen molar-refractivity contribution in [3.05, 3.63) is 64.5 Å². The molecular weight excluding hydrogens is 384 g/mol. The molecule has 2 heterocycles. The average molecular weight is 401 g/mol. The second kappa shape index (κ2) is 7.82. The van der Waals surface area contributed by atoms with Crippen LogP contribution < -0.4 is 19.5 Å². The maximum atomic E-state index is 12.7. The van der Waals surface area contributed by atoms with Gasteiger partial charge >= 0.3 is 0 Å². The number of ether oxygens (including phenoxy) is 3. The Kier molecular flexibility index (Phi) is 5.08. The van der Waals surface area contributed by atoms with Crippen LogP contribution in [0.4, 0.5) is 5.69 Å². The lowest BCUT2D eigenvalue weighted by molar-refractivity contribution is 0.101. The molecule has 0 saturated carbocycles. The molecule has 0 atom stereocenters. The van der Waals surface area contributed by atoms with E-state index in [0.717, 1.165) is 0 Å². The van der Waals surface area contributed by atoms with E-state index < -0.39 is 5.91 Å². The van der Waals surface area contributed by atoms with Gasteiger partial charge in [-0.2, -0.15) is 0 Å². The van der Waals surface area contributed by atoms with E-state index in [1.807, 2.05) is 0 Å². The van der Waals surface area contributed by atoms with Gasteiger partial charge in [0.05, 0.1) is 5.56 Å². The molecule has 0 saturated heterocycles.